The zero-order valence-corrected chi connectivity index (χ0v) is 23.0. The van der Waals surface area contributed by atoms with Crippen LogP contribution in [0.5, 0.6) is 0 Å². The molecule has 10 heteroatoms. The molecule has 0 unspecified atom stereocenters. The van der Waals surface area contributed by atoms with Crippen LogP contribution in [0.25, 0.3) is 0 Å². The second kappa shape index (κ2) is 18.2. The largest absolute Gasteiger partial charge is 0.467 e. The monoisotopic (exact) mass is 520 g/mol. The van der Waals surface area contributed by atoms with Crippen LogP contribution in [0, 0.1) is 0 Å². The van der Waals surface area contributed by atoms with Crippen LogP contribution in [0.1, 0.15) is 90.9 Å². The second-order valence-electron chi connectivity index (χ2n) is 8.63. The molecule has 0 aromatic rings. The van der Waals surface area contributed by atoms with Crippen molar-refractivity contribution in [1.82, 2.24) is 0 Å². The number of carbonyl (C=O) groups is 4. The lowest BCUT2D eigenvalue weighted by molar-refractivity contribution is -0.151. The van der Waals surface area contributed by atoms with E-state index >= 15 is 0 Å². The summed E-state index contributed by atoms with van der Waals surface area (Å²) >= 11 is 0. The Balaban J connectivity index is 4.95. The van der Waals surface area contributed by atoms with Gasteiger partial charge in [0.15, 0.2) is 22.6 Å². The van der Waals surface area contributed by atoms with Crippen LogP contribution in [-0.4, -0.2) is 60.3 Å². The van der Waals surface area contributed by atoms with Gasteiger partial charge in [-0.3, -0.25) is 9.59 Å². The minimum atomic E-state index is -1.79. The van der Waals surface area contributed by atoms with Crippen LogP contribution in [0.15, 0.2) is 0 Å². The van der Waals surface area contributed by atoms with Gasteiger partial charge in [-0.1, -0.05) is 86.8 Å². The highest BCUT2D eigenvalue weighted by atomic mass is 33.1. The number of hydrogen-bond donors (Lipinski definition) is 2. The maximum atomic E-state index is 12.7. The number of carbonyl (C=O) groups excluding carboxylic acids is 4. The number of esters is 2. The first-order valence-electron chi connectivity index (χ1n) is 12.2. The Morgan fingerprint density at radius 2 is 0.941 bits per heavy atom. The number of Topliss-reactive ketones (excluding diaryl/α,β-unsaturated/α-hetero) is 2. The van der Waals surface area contributed by atoms with Gasteiger partial charge in [0.25, 0.3) is 0 Å². The summed E-state index contributed by atoms with van der Waals surface area (Å²) in [6.07, 6.45) is 9.96. The summed E-state index contributed by atoms with van der Waals surface area (Å²) in [7, 11) is 4.62. The van der Waals surface area contributed by atoms with Crippen molar-refractivity contribution in [2.45, 2.75) is 102 Å². The first-order chi connectivity index (χ1) is 16.1. The van der Waals surface area contributed by atoms with E-state index in [1.807, 2.05) is 0 Å². The molecule has 0 aliphatic heterocycles. The van der Waals surface area contributed by atoms with Gasteiger partial charge in [-0.25, -0.2) is 9.59 Å². The smallest absolute Gasteiger partial charge is 0.334 e. The summed E-state index contributed by atoms with van der Waals surface area (Å²) in [5, 5.41) is 0. The predicted molar refractivity (Wildman–Crippen MR) is 140 cm³/mol. The van der Waals surface area contributed by atoms with Crippen LogP contribution in [0.4, 0.5) is 0 Å². The van der Waals surface area contributed by atoms with Crippen molar-refractivity contribution in [2.75, 3.05) is 25.7 Å². The third-order valence-electron chi connectivity index (χ3n) is 5.77. The van der Waals surface area contributed by atoms with E-state index in [-0.39, 0.29) is 35.9 Å². The number of rotatable bonds is 21. The number of nitrogens with two attached hydrogens (primary N) is 2. The van der Waals surface area contributed by atoms with Gasteiger partial charge in [0.05, 0.1) is 14.2 Å². The summed E-state index contributed by atoms with van der Waals surface area (Å²) < 4.78 is 9.57. The lowest BCUT2D eigenvalue weighted by Gasteiger charge is -2.27. The van der Waals surface area contributed by atoms with E-state index in [1.165, 1.54) is 14.2 Å². The second-order valence-corrected chi connectivity index (χ2v) is 11.1. The van der Waals surface area contributed by atoms with E-state index in [4.69, 9.17) is 20.9 Å². The van der Waals surface area contributed by atoms with Gasteiger partial charge in [-0.15, -0.1) is 0 Å². The Morgan fingerprint density at radius 3 is 1.24 bits per heavy atom. The zero-order chi connectivity index (χ0) is 26.0. The Morgan fingerprint density at radius 1 is 0.618 bits per heavy atom. The first-order valence-corrected chi connectivity index (χ1v) is 14.7. The van der Waals surface area contributed by atoms with Gasteiger partial charge in [-0.05, 0) is 12.8 Å². The van der Waals surface area contributed by atoms with Crippen LogP contribution >= 0.6 is 21.6 Å². The number of unbranched alkanes of at least 4 members (excludes halogenated alkanes) is 8. The van der Waals surface area contributed by atoms with Gasteiger partial charge in [-0.2, -0.15) is 0 Å². The molecule has 0 saturated carbocycles. The molecule has 34 heavy (non-hydrogen) atoms. The Labute approximate surface area is 212 Å². The summed E-state index contributed by atoms with van der Waals surface area (Å²) in [5.41, 5.74) is 8.80. The van der Waals surface area contributed by atoms with Crippen molar-refractivity contribution < 1.29 is 28.7 Å². The third-order valence-corrected chi connectivity index (χ3v) is 8.29. The molecule has 0 saturated heterocycles. The minimum absolute atomic E-state index is 0.0550. The van der Waals surface area contributed by atoms with Gasteiger partial charge in [0.2, 0.25) is 0 Å². The molecule has 0 spiro atoms. The SMILES string of the molecule is CCCCCCCC(=O)[C@](N)(CSSC[C@@](N)(C(=O)CCCCCCC)C(=O)OC)C(=O)OC. The topological polar surface area (TPSA) is 139 Å². The molecule has 0 radical (unpaired) electrons. The fourth-order valence-corrected chi connectivity index (χ4v) is 6.08. The van der Waals surface area contributed by atoms with Crippen molar-refractivity contribution in [3.8, 4) is 0 Å². The van der Waals surface area contributed by atoms with Crippen LogP contribution in [-0.2, 0) is 28.7 Å². The summed E-state index contributed by atoms with van der Waals surface area (Å²) in [6, 6.07) is 0. The van der Waals surface area contributed by atoms with E-state index in [9.17, 15) is 19.2 Å². The van der Waals surface area contributed by atoms with E-state index in [0.29, 0.717) is 12.8 Å². The molecule has 0 aliphatic carbocycles. The van der Waals surface area contributed by atoms with Crippen molar-refractivity contribution in [3.05, 3.63) is 0 Å². The van der Waals surface area contributed by atoms with Crippen molar-refractivity contribution in [3.63, 3.8) is 0 Å². The van der Waals surface area contributed by atoms with Crippen molar-refractivity contribution in [2.24, 2.45) is 11.5 Å². The summed E-state index contributed by atoms with van der Waals surface area (Å²) in [4.78, 5) is 50.1. The molecule has 0 aromatic heterocycles. The molecule has 0 bridgehead atoms. The zero-order valence-electron chi connectivity index (χ0n) is 21.3. The molecule has 0 aliphatic rings. The van der Waals surface area contributed by atoms with Crippen molar-refractivity contribution >= 4 is 45.1 Å². The fraction of sp³-hybridized carbons (Fsp3) is 0.833. The average molecular weight is 521 g/mol. The quantitative estimate of drug-likeness (QED) is 0.0989. The van der Waals surface area contributed by atoms with Crippen molar-refractivity contribution in [1.29, 1.82) is 0 Å². The van der Waals surface area contributed by atoms with Crippen LogP contribution in [0.3, 0.4) is 0 Å². The van der Waals surface area contributed by atoms with E-state index in [0.717, 1.165) is 73.0 Å². The Bertz CT molecular complexity index is 595. The number of methoxy groups -OCH3 is 2. The Kier molecular flexibility index (Phi) is 17.6. The maximum absolute atomic E-state index is 12.7. The van der Waals surface area contributed by atoms with Gasteiger partial charge in [0.1, 0.15) is 0 Å². The molecule has 4 N–H and O–H groups in total. The van der Waals surface area contributed by atoms with E-state index in [1.54, 1.807) is 0 Å². The molecule has 198 valence electrons. The summed E-state index contributed by atoms with van der Waals surface area (Å²) in [6.45, 7) is 4.22. The molecular weight excluding hydrogens is 476 g/mol. The molecule has 0 heterocycles. The van der Waals surface area contributed by atoms with Crippen LogP contribution in [0.2, 0.25) is 0 Å². The highest BCUT2D eigenvalue weighted by Gasteiger charge is 2.45. The third kappa shape index (κ3) is 11.1. The average Bonchev–Trinajstić information content (AvgIpc) is 2.84. The lowest BCUT2D eigenvalue weighted by Crippen LogP contribution is -2.58. The highest BCUT2D eigenvalue weighted by Crippen LogP contribution is 2.31. The predicted octanol–water partition coefficient (Wildman–Crippen LogP) is 3.97. The van der Waals surface area contributed by atoms with Gasteiger partial charge in [0, 0.05) is 24.3 Å². The van der Waals surface area contributed by atoms with Gasteiger partial charge >= 0.3 is 11.9 Å². The molecule has 0 aromatic carbocycles. The van der Waals surface area contributed by atoms with E-state index in [2.05, 4.69) is 13.8 Å². The minimum Gasteiger partial charge on any atom is -0.467 e. The molecule has 8 nitrogen and oxygen atoms in total. The molecular formula is C24H44N2O6S2. The number of ether oxygens (including phenoxy) is 2. The highest BCUT2D eigenvalue weighted by molar-refractivity contribution is 8.76. The number of hydrogen-bond acceptors (Lipinski definition) is 10. The molecule has 0 rings (SSSR count). The number of ketones is 2. The molecule has 2 atom stereocenters. The normalized spacial score (nSPS) is 14.6. The first kappa shape index (κ1) is 32.9. The molecule has 0 amide bonds. The summed E-state index contributed by atoms with van der Waals surface area (Å²) in [5.74, 6) is -2.46. The maximum Gasteiger partial charge on any atom is 0.334 e. The van der Waals surface area contributed by atoms with Gasteiger partial charge < -0.3 is 20.9 Å². The fourth-order valence-electron chi connectivity index (χ4n) is 3.36. The standard InChI is InChI=1S/C24H44N2O6S2/c1-5-7-9-11-13-15-19(27)23(25,21(29)31-3)17-33-34-18-24(26,22(30)32-4)20(28)16-14-12-10-8-6-2/h5-18,25-26H2,1-4H3/t23-,24-/m1/s1. The lowest BCUT2D eigenvalue weighted by atomic mass is 9.93. The van der Waals surface area contributed by atoms with Crippen LogP contribution < -0.4 is 11.5 Å². The van der Waals surface area contributed by atoms with E-state index < -0.39 is 23.0 Å². The molecule has 0 fully saturated rings. The Hall–Kier alpha value is -1.10.